The van der Waals surface area contributed by atoms with Crippen molar-refractivity contribution in [2.24, 2.45) is 0 Å². The average molecular weight is 563 g/mol. The first kappa shape index (κ1) is 33.1. The Morgan fingerprint density at radius 3 is 1.31 bits per heavy atom. The van der Waals surface area contributed by atoms with Gasteiger partial charge < -0.3 is 48.8 Å². The van der Waals surface area contributed by atoms with E-state index in [-0.39, 0.29) is 38.0 Å². The highest BCUT2D eigenvalue weighted by atomic mass is 16.7. The Kier molecular flexibility index (Phi) is 15.5. The van der Waals surface area contributed by atoms with Crippen molar-refractivity contribution in [2.45, 2.75) is 159 Å². The van der Waals surface area contributed by atoms with E-state index < -0.39 is 36.6 Å². The van der Waals surface area contributed by atoms with E-state index in [4.69, 9.17) is 28.4 Å². The van der Waals surface area contributed by atoms with Gasteiger partial charge in [-0.05, 0) is 25.7 Å². The molecule has 0 amide bonds. The first-order chi connectivity index (χ1) is 18.9. The van der Waals surface area contributed by atoms with E-state index in [1.165, 1.54) is 51.4 Å². The van der Waals surface area contributed by atoms with Gasteiger partial charge in [-0.15, -0.1) is 0 Å². The van der Waals surface area contributed by atoms with Gasteiger partial charge in [-0.3, -0.25) is 0 Å². The Morgan fingerprint density at radius 2 is 0.897 bits per heavy atom. The average Bonchev–Trinajstić information content (AvgIpc) is 3.73. The van der Waals surface area contributed by atoms with Gasteiger partial charge in [-0.1, -0.05) is 71.6 Å². The molecule has 4 rings (SSSR count). The molecule has 10 atom stereocenters. The van der Waals surface area contributed by atoms with E-state index in [1.807, 2.05) is 0 Å². The fourth-order valence-electron chi connectivity index (χ4n) is 5.50. The molecule has 4 fully saturated rings. The van der Waals surface area contributed by atoms with Crippen molar-refractivity contribution in [2.75, 3.05) is 26.4 Å². The molecule has 0 aromatic heterocycles. The van der Waals surface area contributed by atoms with E-state index >= 15 is 0 Å². The molecule has 4 N–H and O–H groups in total. The first-order valence-corrected chi connectivity index (χ1v) is 15.4. The zero-order valence-corrected chi connectivity index (χ0v) is 24.0. The normalized spacial score (nSPS) is 38.3. The molecule has 0 radical (unpaired) electrons. The third-order valence-electron chi connectivity index (χ3n) is 8.00. The maximum atomic E-state index is 9.84. The standard InChI is InChI=1S/C18H34O5.C11H20O5/c1-2-3-4-5-6-7-8-9-10-11-16-21-13-15(23-16)18-17(20)14(19)12-22-18;1-2-3-4-9-14-6-8(16-9)11-10(13)7(12)5-15-11/h14-20H,2-13H2,1H3;7-13H,2-6H2,1H3/t14?,15?,16?,17-,18+;7?,8?,9?,10-,11+/m00/s1. The molecule has 0 aliphatic carbocycles. The number of rotatable bonds is 15. The number of unbranched alkanes of at least 4 members (excludes halogenated alkanes) is 9. The van der Waals surface area contributed by atoms with Gasteiger partial charge in [0.2, 0.25) is 0 Å². The maximum absolute atomic E-state index is 9.84. The second-order valence-electron chi connectivity index (χ2n) is 11.3. The van der Waals surface area contributed by atoms with Gasteiger partial charge in [-0.25, -0.2) is 0 Å². The topological polar surface area (TPSA) is 136 Å². The van der Waals surface area contributed by atoms with Crippen molar-refractivity contribution in [3.8, 4) is 0 Å². The summed E-state index contributed by atoms with van der Waals surface area (Å²) in [5.41, 5.74) is 0. The largest absolute Gasteiger partial charge is 0.388 e. The van der Waals surface area contributed by atoms with Crippen LogP contribution in [0.5, 0.6) is 0 Å². The van der Waals surface area contributed by atoms with Crippen molar-refractivity contribution in [1.82, 2.24) is 0 Å². The molecule has 10 heteroatoms. The highest BCUT2D eigenvalue weighted by molar-refractivity contribution is 4.91. The number of aliphatic hydroxyl groups is 4. The van der Waals surface area contributed by atoms with Crippen LogP contribution in [0, 0.1) is 0 Å². The Balaban J connectivity index is 0.000000230. The van der Waals surface area contributed by atoms with Gasteiger partial charge >= 0.3 is 0 Å². The third-order valence-corrected chi connectivity index (χ3v) is 8.00. The molecular weight excluding hydrogens is 508 g/mol. The van der Waals surface area contributed by atoms with Crippen LogP contribution >= 0.6 is 0 Å². The summed E-state index contributed by atoms with van der Waals surface area (Å²) in [4.78, 5) is 0. The predicted molar refractivity (Wildman–Crippen MR) is 144 cm³/mol. The van der Waals surface area contributed by atoms with Gasteiger partial charge in [0.1, 0.15) is 48.8 Å². The Morgan fingerprint density at radius 1 is 0.487 bits per heavy atom. The van der Waals surface area contributed by atoms with E-state index in [1.54, 1.807) is 0 Å². The second-order valence-corrected chi connectivity index (χ2v) is 11.3. The predicted octanol–water partition coefficient (Wildman–Crippen LogP) is 2.81. The van der Waals surface area contributed by atoms with E-state index in [9.17, 15) is 20.4 Å². The maximum Gasteiger partial charge on any atom is 0.158 e. The van der Waals surface area contributed by atoms with Crippen LogP contribution in [0.2, 0.25) is 0 Å². The number of hydrogen-bond donors (Lipinski definition) is 4. The monoisotopic (exact) mass is 562 g/mol. The fraction of sp³-hybridized carbons (Fsp3) is 1.00. The van der Waals surface area contributed by atoms with Gasteiger partial charge in [0.25, 0.3) is 0 Å². The Bertz CT molecular complexity index is 639. The zero-order chi connectivity index (χ0) is 28.0. The highest BCUT2D eigenvalue weighted by Gasteiger charge is 2.45. The fourth-order valence-corrected chi connectivity index (χ4v) is 5.50. The highest BCUT2D eigenvalue weighted by Crippen LogP contribution is 2.28. The van der Waals surface area contributed by atoms with Gasteiger partial charge in [0.05, 0.1) is 26.4 Å². The molecule has 39 heavy (non-hydrogen) atoms. The first-order valence-electron chi connectivity index (χ1n) is 15.4. The molecule has 0 bridgehead atoms. The van der Waals surface area contributed by atoms with Crippen LogP contribution in [-0.2, 0) is 28.4 Å². The van der Waals surface area contributed by atoms with Gasteiger partial charge in [0.15, 0.2) is 12.6 Å². The number of hydrogen-bond acceptors (Lipinski definition) is 10. The van der Waals surface area contributed by atoms with Crippen LogP contribution in [0.4, 0.5) is 0 Å². The summed E-state index contributed by atoms with van der Waals surface area (Å²) in [5, 5.41) is 38.4. The molecule has 0 aromatic rings. The Hall–Kier alpha value is -0.400. The second kappa shape index (κ2) is 18.2. The molecule has 4 heterocycles. The van der Waals surface area contributed by atoms with Crippen LogP contribution in [-0.4, -0.2) is 108 Å². The molecule has 4 aliphatic rings. The summed E-state index contributed by atoms with van der Waals surface area (Å²) in [6.07, 6.45) is 10.6. The minimum absolute atomic E-state index is 0.172. The molecule has 0 spiro atoms. The number of ether oxygens (including phenoxy) is 6. The Labute approximate surface area is 234 Å². The minimum Gasteiger partial charge on any atom is -0.388 e. The lowest BCUT2D eigenvalue weighted by atomic mass is 10.1. The molecule has 0 saturated carbocycles. The van der Waals surface area contributed by atoms with Crippen LogP contribution in [0.3, 0.4) is 0 Å². The minimum atomic E-state index is -0.866. The molecule has 10 nitrogen and oxygen atoms in total. The van der Waals surface area contributed by atoms with Crippen LogP contribution in [0.1, 0.15) is 97.3 Å². The summed E-state index contributed by atoms with van der Waals surface area (Å²) in [7, 11) is 0. The zero-order valence-electron chi connectivity index (χ0n) is 24.0. The van der Waals surface area contributed by atoms with E-state index in [2.05, 4.69) is 13.8 Å². The van der Waals surface area contributed by atoms with Crippen LogP contribution in [0.15, 0.2) is 0 Å². The number of aliphatic hydroxyl groups excluding tert-OH is 4. The molecule has 0 aromatic carbocycles. The smallest absolute Gasteiger partial charge is 0.158 e. The van der Waals surface area contributed by atoms with Crippen molar-refractivity contribution in [3.05, 3.63) is 0 Å². The molecule has 4 aliphatic heterocycles. The summed E-state index contributed by atoms with van der Waals surface area (Å²) < 4.78 is 33.3. The van der Waals surface area contributed by atoms with Crippen molar-refractivity contribution in [3.63, 3.8) is 0 Å². The van der Waals surface area contributed by atoms with Crippen molar-refractivity contribution >= 4 is 0 Å². The van der Waals surface area contributed by atoms with Crippen molar-refractivity contribution < 1.29 is 48.8 Å². The lowest BCUT2D eigenvalue weighted by Crippen LogP contribution is -2.39. The lowest BCUT2D eigenvalue weighted by molar-refractivity contribution is -0.103. The van der Waals surface area contributed by atoms with Gasteiger partial charge in [0, 0.05) is 0 Å². The van der Waals surface area contributed by atoms with Gasteiger partial charge in [-0.2, -0.15) is 0 Å². The van der Waals surface area contributed by atoms with E-state index in [0.29, 0.717) is 13.2 Å². The summed E-state index contributed by atoms with van der Waals surface area (Å²) in [6.45, 7) is 5.59. The molecular formula is C29H54O10. The molecule has 6 unspecified atom stereocenters. The summed E-state index contributed by atoms with van der Waals surface area (Å²) >= 11 is 0. The molecule has 4 saturated heterocycles. The lowest BCUT2D eigenvalue weighted by Gasteiger charge is -2.20. The van der Waals surface area contributed by atoms with Crippen LogP contribution < -0.4 is 0 Å². The van der Waals surface area contributed by atoms with Crippen LogP contribution in [0.25, 0.3) is 0 Å². The molecule has 230 valence electrons. The summed E-state index contributed by atoms with van der Waals surface area (Å²) in [6, 6.07) is 0. The SMILES string of the molecule is CCCCC1OCC([C@H]2OCC(O)[C@@H]2O)O1.CCCCCCCCCCCC1OCC([C@H]2OCC(O)[C@@H]2O)O1. The van der Waals surface area contributed by atoms with E-state index in [0.717, 1.165) is 32.1 Å². The quantitative estimate of drug-likeness (QED) is 0.221. The summed E-state index contributed by atoms with van der Waals surface area (Å²) in [5.74, 6) is 0. The third kappa shape index (κ3) is 10.7. The van der Waals surface area contributed by atoms with Crippen molar-refractivity contribution in [1.29, 1.82) is 0 Å².